The molecular formula is C23H29N5O3S2. The summed E-state index contributed by atoms with van der Waals surface area (Å²) >= 11 is 2.86. The Labute approximate surface area is 201 Å². The van der Waals surface area contributed by atoms with Crippen LogP contribution in [0.15, 0.2) is 43.8 Å². The average Bonchev–Trinajstić information content (AvgIpc) is 2.77. The summed E-state index contributed by atoms with van der Waals surface area (Å²) in [7, 11) is 3.01. The molecule has 2 heterocycles. The summed E-state index contributed by atoms with van der Waals surface area (Å²) in [6.07, 6.45) is 0. The van der Waals surface area contributed by atoms with Crippen LogP contribution in [-0.2, 0) is 24.3 Å². The van der Waals surface area contributed by atoms with E-state index in [0.717, 1.165) is 15.2 Å². The fourth-order valence-electron chi connectivity index (χ4n) is 3.05. The molecule has 176 valence electrons. The van der Waals surface area contributed by atoms with Crippen molar-refractivity contribution in [3.05, 3.63) is 56.5 Å². The first-order chi connectivity index (χ1) is 15.5. The van der Waals surface area contributed by atoms with Gasteiger partial charge in [-0.15, -0.1) is 11.8 Å². The van der Waals surface area contributed by atoms with Gasteiger partial charge in [-0.1, -0.05) is 50.2 Å². The lowest BCUT2D eigenvalue weighted by Crippen LogP contribution is -2.38. The van der Waals surface area contributed by atoms with Gasteiger partial charge < -0.3 is 5.32 Å². The molecule has 0 fully saturated rings. The molecule has 0 unspecified atom stereocenters. The molecule has 0 aliphatic heterocycles. The molecule has 33 heavy (non-hydrogen) atoms. The highest BCUT2D eigenvalue weighted by Gasteiger charge is 2.24. The van der Waals surface area contributed by atoms with Crippen LogP contribution < -0.4 is 16.6 Å². The number of amides is 1. The van der Waals surface area contributed by atoms with E-state index in [2.05, 4.69) is 39.6 Å². The molecule has 0 aliphatic rings. The van der Waals surface area contributed by atoms with E-state index in [1.807, 2.05) is 27.7 Å². The standard InChI is InChI=1S/C23H29N5O3S2/c1-14-7-9-15(10-8-14)32-12-11-24-16(29)13-33-19-17-18(25-21(26-19)23(2,3)4)27(5)22(31)28(6)20(17)30/h7-10H,11-13H2,1-6H3,(H,24,29). The molecule has 2 aromatic heterocycles. The van der Waals surface area contributed by atoms with Gasteiger partial charge in [0.25, 0.3) is 5.56 Å². The Kier molecular flexibility index (Phi) is 7.69. The predicted octanol–water partition coefficient (Wildman–Crippen LogP) is 2.63. The highest BCUT2D eigenvalue weighted by atomic mass is 32.2. The second-order valence-corrected chi connectivity index (χ2v) is 10.9. The number of nitrogens with zero attached hydrogens (tertiary/aromatic N) is 4. The van der Waals surface area contributed by atoms with Gasteiger partial charge in [-0.25, -0.2) is 14.8 Å². The third-order valence-electron chi connectivity index (χ3n) is 4.99. The number of aryl methyl sites for hydroxylation is 2. The molecule has 0 aliphatic carbocycles. The van der Waals surface area contributed by atoms with Crippen molar-refractivity contribution < 1.29 is 4.79 Å². The molecule has 3 aromatic rings. The Morgan fingerprint density at radius 2 is 1.70 bits per heavy atom. The maximum atomic E-state index is 12.8. The number of aromatic nitrogens is 4. The lowest BCUT2D eigenvalue weighted by atomic mass is 9.96. The molecule has 1 amide bonds. The lowest BCUT2D eigenvalue weighted by Gasteiger charge is -2.19. The van der Waals surface area contributed by atoms with Gasteiger partial charge in [0.2, 0.25) is 5.91 Å². The van der Waals surface area contributed by atoms with Gasteiger partial charge in [0.15, 0.2) is 5.65 Å². The fraction of sp³-hybridized carbons (Fsp3) is 0.435. The summed E-state index contributed by atoms with van der Waals surface area (Å²) in [5.74, 6) is 1.23. The highest BCUT2D eigenvalue weighted by molar-refractivity contribution is 8.00. The number of fused-ring (bicyclic) bond motifs is 1. The van der Waals surface area contributed by atoms with Gasteiger partial charge in [-0.05, 0) is 19.1 Å². The molecule has 0 atom stereocenters. The molecule has 0 bridgehead atoms. The maximum absolute atomic E-state index is 12.8. The van der Waals surface area contributed by atoms with Crippen LogP contribution in [0.1, 0.15) is 32.2 Å². The van der Waals surface area contributed by atoms with Gasteiger partial charge in [-0.2, -0.15) is 0 Å². The summed E-state index contributed by atoms with van der Waals surface area (Å²) in [6.45, 7) is 8.46. The number of nitrogens with one attached hydrogen (secondary N) is 1. The Morgan fingerprint density at radius 3 is 2.33 bits per heavy atom. The average molecular weight is 488 g/mol. The number of rotatable bonds is 7. The zero-order chi connectivity index (χ0) is 24.3. The first kappa shape index (κ1) is 25.0. The first-order valence-corrected chi connectivity index (χ1v) is 12.5. The molecule has 8 nitrogen and oxygen atoms in total. The molecule has 1 aromatic carbocycles. The van der Waals surface area contributed by atoms with Crippen molar-refractivity contribution in [2.45, 2.75) is 43.0 Å². The van der Waals surface area contributed by atoms with Crippen LogP contribution in [0.4, 0.5) is 0 Å². The molecule has 3 rings (SSSR count). The van der Waals surface area contributed by atoms with E-state index in [1.54, 1.807) is 18.8 Å². The van der Waals surface area contributed by atoms with Crippen LogP contribution in [0, 0.1) is 6.92 Å². The van der Waals surface area contributed by atoms with Gasteiger partial charge in [-0.3, -0.25) is 18.7 Å². The number of thioether (sulfide) groups is 2. The quantitative estimate of drug-likeness (QED) is 0.311. The Hall–Kier alpha value is -2.59. The van der Waals surface area contributed by atoms with Crippen molar-refractivity contribution in [2.75, 3.05) is 18.1 Å². The van der Waals surface area contributed by atoms with Gasteiger partial charge in [0, 0.05) is 36.7 Å². The minimum absolute atomic E-state index is 0.108. The largest absolute Gasteiger partial charge is 0.355 e. The summed E-state index contributed by atoms with van der Waals surface area (Å²) in [6, 6.07) is 8.27. The van der Waals surface area contributed by atoms with E-state index in [1.165, 1.54) is 28.9 Å². The van der Waals surface area contributed by atoms with Crippen LogP contribution in [-0.4, -0.2) is 43.1 Å². The van der Waals surface area contributed by atoms with E-state index >= 15 is 0 Å². The number of carbonyl (C=O) groups excluding carboxylic acids is 1. The first-order valence-electron chi connectivity index (χ1n) is 10.6. The van der Waals surface area contributed by atoms with Crippen LogP contribution >= 0.6 is 23.5 Å². The van der Waals surface area contributed by atoms with Gasteiger partial charge in [0.1, 0.15) is 16.2 Å². The SMILES string of the molecule is Cc1ccc(SCCNC(=O)CSc2nc(C(C)(C)C)nc3c2c(=O)n(C)c(=O)n3C)cc1. The molecule has 0 radical (unpaired) electrons. The number of carbonyl (C=O) groups is 1. The third kappa shape index (κ3) is 5.86. The number of hydrogen-bond acceptors (Lipinski definition) is 7. The fourth-order valence-corrected chi connectivity index (χ4v) is 4.66. The highest BCUT2D eigenvalue weighted by Crippen LogP contribution is 2.26. The summed E-state index contributed by atoms with van der Waals surface area (Å²) in [4.78, 5) is 48.0. The molecule has 1 N–H and O–H groups in total. The van der Waals surface area contributed by atoms with Crippen LogP contribution in [0.25, 0.3) is 11.0 Å². The third-order valence-corrected chi connectivity index (χ3v) is 6.98. The predicted molar refractivity (Wildman–Crippen MR) is 134 cm³/mol. The molecule has 10 heteroatoms. The molecular weight excluding hydrogens is 458 g/mol. The summed E-state index contributed by atoms with van der Waals surface area (Å²) < 4.78 is 2.38. The van der Waals surface area contributed by atoms with E-state index in [-0.39, 0.29) is 22.7 Å². The van der Waals surface area contributed by atoms with E-state index in [4.69, 9.17) is 0 Å². The van der Waals surface area contributed by atoms with Crippen molar-refractivity contribution in [2.24, 2.45) is 14.1 Å². The van der Waals surface area contributed by atoms with E-state index in [9.17, 15) is 14.4 Å². The number of benzene rings is 1. The maximum Gasteiger partial charge on any atom is 0.332 e. The zero-order valence-electron chi connectivity index (χ0n) is 19.8. The lowest BCUT2D eigenvalue weighted by molar-refractivity contribution is -0.118. The van der Waals surface area contributed by atoms with Crippen LogP contribution in [0.2, 0.25) is 0 Å². The van der Waals surface area contributed by atoms with E-state index in [0.29, 0.717) is 17.4 Å². The summed E-state index contributed by atoms with van der Waals surface area (Å²) in [5, 5.41) is 3.57. The van der Waals surface area contributed by atoms with Crippen LogP contribution in [0.5, 0.6) is 0 Å². The molecule has 0 spiro atoms. The minimum Gasteiger partial charge on any atom is -0.355 e. The van der Waals surface area contributed by atoms with Crippen molar-refractivity contribution in [3.8, 4) is 0 Å². The second-order valence-electron chi connectivity index (χ2n) is 8.81. The van der Waals surface area contributed by atoms with Gasteiger partial charge in [0.05, 0.1) is 5.75 Å². The van der Waals surface area contributed by atoms with Crippen molar-refractivity contribution in [1.29, 1.82) is 0 Å². The monoisotopic (exact) mass is 487 g/mol. The topological polar surface area (TPSA) is 98.9 Å². The second kappa shape index (κ2) is 10.1. The van der Waals surface area contributed by atoms with Crippen LogP contribution in [0.3, 0.4) is 0 Å². The van der Waals surface area contributed by atoms with Crippen molar-refractivity contribution >= 4 is 40.5 Å². The minimum atomic E-state index is -0.467. The molecule has 0 saturated heterocycles. The van der Waals surface area contributed by atoms with Gasteiger partial charge >= 0.3 is 5.69 Å². The zero-order valence-corrected chi connectivity index (χ0v) is 21.4. The Balaban J connectivity index is 1.74. The normalized spacial score (nSPS) is 11.7. The smallest absolute Gasteiger partial charge is 0.332 e. The summed E-state index contributed by atoms with van der Waals surface area (Å²) in [5.41, 5.74) is 0.180. The van der Waals surface area contributed by atoms with E-state index < -0.39 is 16.7 Å². The number of hydrogen-bond donors (Lipinski definition) is 1. The van der Waals surface area contributed by atoms with Crippen molar-refractivity contribution in [3.63, 3.8) is 0 Å². The van der Waals surface area contributed by atoms with Crippen molar-refractivity contribution in [1.82, 2.24) is 24.4 Å². The Bertz CT molecular complexity index is 1290. The molecule has 0 saturated carbocycles. The Morgan fingerprint density at radius 1 is 1.03 bits per heavy atom.